The number of nitrogens with one attached hydrogen (secondary N) is 1. The van der Waals surface area contributed by atoms with Crippen molar-refractivity contribution in [3.63, 3.8) is 0 Å². The molecule has 0 aliphatic heterocycles. The number of rotatable bonds is 4. The molecule has 1 fully saturated rings. The Kier molecular flexibility index (Phi) is 4.86. The first-order valence-electron chi connectivity index (χ1n) is 5.89. The Hall–Kier alpha value is -0.0900. The third-order valence-corrected chi connectivity index (χ3v) is 4.16. The minimum atomic E-state index is 0.424. The Morgan fingerprint density at radius 3 is 2.94 bits per heavy atom. The van der Waals surface area contributed by atoms with Gasteiger partial charge in [-0.2, -0.15) is 0 Å². The maximum absolute atomic E-state index is 6.18. The Bertz CT molecular complexity index is 386. The zero-order valence-electron chi connectivity index (χ0n) is 9.88. The first kappa shape index (κ1) is 13.3. The lowest BCUT2D eigenvalue weighted by Gasteiger charge is -2.13. The fourth-order valence-electron chi connectivity index (χ4n) is 2.26. The first-order valence-corrected chi connectivity index (χ1v) is 7.06. The van der Waals surface area contributed by atoms with Gasteiger partial charge in [-0.1, -0.05) is 33.6 Å². The van der Waals surface area contributed by atoms with Gasteiger partial charge in [-0.05, 0) is 37.0 Å². The predicted octanol–water partition coefficient (Wildman–Crippen LogP) is 3.76. The number of halogens is 2. The zero-order valence-corrected chi connectivity index (χ0v) is 12.2. The highest BCUT2D eigenvalue weighted by molar-refractivity contribution is 9.10. The van der Waals surface area contributed by atoms with Crippen molar-refractivity contribution in [2.75, 3.05) is 7.11 Å². The van der Waals surface area contributed by atoms with Crippen LogP contribution in [0.25, 0.3) is 0 Å². The summed E-state index contributed by atoms with van der Waals surface area (Å²) < 4.78 is 6.38. The van der Waals surface area contributed by atoms with E-state index in [1.807, 2.05) is 12.1 Å². The summed E-state index contributed by atoms with van der Waals surface area (Å²) in [5, 5.41) is 4.36. The lowest BCUT2D eigenvalue weighted by atomic mass is 10.2. The molecule has 2 atom stereocenters. The summed E-state index contributed by atoms with van der Waals surface area (Å²) in [5.41, 5.74) is 1.15. The fraction of sp³-hybridized carbons (Fsp3) is 0.538. The molecule has 2 unspecified atom stereocenters. The van der Waals surface area contributed by atoms with Crippen LogP contribution in [0, 0.1) is 0 Å². The molecule has 94 valence electrons. The molecule has 1 aromatic carbocycles. The van der Waals surface area contributed by atoms with Gasteiger partial charge in [0.1, 0.15) is 0 Å². The SMILES string of the molecule is COC1CCC(NCc2ccc(Br)cc2Cl)C1. The van der Waals surface area contributed by atoms with Gasteiger partial charge in [0.25, 0.3) is 0 Å². The first-order chi connectivity index (χ1) is 8.19. The van der Waals surface area contributed by atoms with Gasteiger partial charge in [0.05, 0.1) is 6.10 Å². The van der Waals surface area contributed by atoms with E-state index >= 15 is 0 Å². The molecule has 17 heavy (non-hydrogen) atoms. The molecule has 1 aliphatic carbocycles. The van der Waals surface area contributed by atoms with Crippen molar-refractivity contribution in [1.29, 1.82) is 0 Å². The van der Waals surface area contributed by atoms with Crippen molar-refractivity contribution in [2.24, 2.45) is 0 Å². The van der Waals surface area contributed by atoms with Crippen LogP contribution in [0.5, 0.6) is 0 Å². The third kappa shape index (κ3) is 3.68. The van der Waals surface area contributed by atoms with Gasteiger partial charge in [-0.25, -0.2) is 0 Å². The molecule has 1 saturated carbocycles. The van der Waals surface area contributed by atoms with E-state index in [1.165, 1.54) is 6.42 Å². The van der Waals surface area contributed by atoms with E-state index in [0.717, 1.165) is 34.4 Å². The summed E-state index contributed by atoms with van der Waals surface area (Å²) in [6.45, 7) is 0.827. The molecule has 2 rings (SSSR count). The van der Waals surface area contributed by atoms with E-state index in [9.17, 15) is 0 Å². The lowest BCUT2D eigenvalue weighted by Crippen LogP contribution is -2.26. The van der Waals surface area contributed by atoms with Crippen LogP contribution in [-0.4, -0.2) is 19.3 Å². The quantitative estimate of drug-likeness (QED) is 0.912. The van der Waals surface area contributed by atoms with Crippen LogP contribution >= 0.6 is 27.5 Å². The smallest absolute Gasteiger partial charge is 0.0586 e. The maximum atomic E-state index is 6.18. The second-order valence-electron chi connectivity index (χ2n) is 4.48. The zero-order chi connectivity index (χ0) is 12.3. The Morgan fingerprint density at radius 2 is 2.29 bits per heavy atom. The standard InChI is InChI=1S/C13H17BrClNO/c1-17-12-5-4-11(7-12)16-8-9-2-3-10(14)6-13(9)15/h2-3,6,11-12,16H,4-5,7-8H2,1H3. The number of ether oxygens (including phenoxy) is 1. The normalized spacial score (nSPS) is 24.2. The van der Waals surface area contributed by atoms with E-state index in [-0.39, 0.29) is 0 Å². The molecule has 0 heterocycles. The molecule has 0 spiro atoms. The summed E-state index contributed by atoms with van der Waals surface area (Å²) in [4.78, 5) is 0. The van der Waals surface area contributed by atoms with Crippen LogP contribution in [0.15, 0.2) is 22.7 Å². The van der Waals surface area contributed by atoms with Gasteiger partial charge in [0.2, 0.25) is 0 Å². The summed E-state index contributed by atoms with van der Waals surface area (Å²) in [7, 11) is 1.79. The molecule has 0 bridgehead atoms. The second kappa shape index (κ2) is 6.19. The van der Waals surface area contributed by atoms with Gasteiger partial charge < -0.3 is 10.1 Å². The molecule has 4 heteroatoms. The highest BCUT2D eigenvalue weighted by atomic mass is 79.9. The van der Waals surface area contributed by atoms with Gasteiger partial charge in [0, 0.05) is 29.2 Å². The van der Waals surface area contributed by atoms with E-state index in [1.54, 1.807) is 7.11 Å². The van der Waals surface area contributed by atoms with Crippen LogP contribution in [0.4, 0.5) is 0 Å². The molecular formula is C13H17BrClNO. The van der Waals surface area contributed by atoms with Crippen molar-refractivity contribution in [1.82, 2.24) is 5.32 Å². The summed E-state index contributed by atoms with van der Waals surface area (Å²) in [6, 6.07) is 6.57. The fourth-order valence-corrected chi connectivity index (χ4v) is 3.00. The van der Waals surface area contributed by atoms with Gasteiger partial charge in [-0.3, -0.25) is 0 Å². The lowest BCUT2D eigenvalue weighted by molar-refractivity contribution is 0.107. The molecule has 2 nitrogen and oxygen atoms in total. The van der Waals surface area contributed by atoms with E-state index < -0.39 is 0 Å². The molecule has 0 amide bonds. The Balaban J connectivity index is 1.86. The minimum absolute atomic E-state index is 0.424. The Labute approximate surface area is 116 Å². The van der Waals surface area contributed by atoms with E-state index in [4.69, 9.17) is 16.3 Å². The largest absolute Gasteiger partial charge is 0.381 e. The number of benzene rings is 1. The van der Waals surface area contributed by atoms with Crippen molar-refractivity contribution >= 4 is 27.5 Å². The summed E-state index contributed by atoms with van der Waals surface area (Å²) in [5.74, 6) is 0. The molecule has 0 saturated heterocycles. The van der Waals surface area contributed by atoms with Gasteiger partial charge >= 0.3 is 0 Å². The van der Waals surface area contributed by atoms with Gasteiger partial charge in [0.15, 0.2) is 0 Å². The minimum Gasteiger partial charge on any atom is -0.381 e. The van der Waals surface area contributed by atoms with Crippen molar-refractivity contribution in [3.05, 3.63) is 33.3 Å². The van der Waals surface area contributed by atoms with Crippen LogP contribution in [0.1, 0.15) is 24.8 Å². The third-order valence-electron chi connectivity index (χ3n) is 3.31. The maximum Gasteiger partial charge on any atom is 0.0586 e. The monoisotopic (exact) mass is 317 g/mol. The average molecular weight is 319 g/mol. The number of methoxy groups -OCH3 is 1. The summed E-state index contributed by atoms with van der Waals surface area (Å²) >= 11 is 9.59. The van der Waals surface area contributed by atoms with Crippen LogP contribution in [-0.2, 0) is 11.3 Å². The molecule has 1 aromatic rings. The van der Waals surface area contributed by atoms with Gasteiger partial charge in [-0.15, -0.1) is 0 Å². The van der Waals surface area contributed by atoms with E-state index in [0.29, 0.717) is 12.1 Å². The highest BCUT2D eigenvalue weighted by Crippen LogP contribution is 2.24. The average Bonchev–Trinajstić information content (AvgIpc) is 2.76. The molecule has 0 radical (unpaired) electrons. The summed E-state index contributed by atoms with van der Waals surface area (Å²) in [6.07, 6.45) is 3.87. The Morgan fingerprint density at radius 1 is 1.47 bits per heavy atom. The van der Waals surface area contributed by atoms with Crippen LogP contribution in [0.3, 0.4) is 0 Å². The second-order valence-corrected chi connectivity index (χ2v) is 5.81. The molecule has 1 aliphatic rings. The molecule has 0 aromatic heterocycles. The van der Waals surface area contributed by atoms with Crippen molar-refractivity contribution in [3.8, 4) is 0 Å². The van der Waals surface area contributed by atoms with Crippen LogP contribution in [0.2, 0.25) is 5.02 Å². The highest BCUT2D eigenvalue weighted by Gasteiger charge is 2.23. The number of hydrogen-bond donors (Lipinski definition) is 1. The molecular weight excluding hydrogens is 302 g/mol. The molecule has 1 N–H and O–H groups in total. The number of hydrogen-bond acceptors (Lipinski definition) is 2. The topological polar surface area (TPSA) is 21.3 Å². The van der Waals surface area contributed by atoms with Crippen molar-refractivity contribution < 1.29 is 4.74 Å². The van der Waals surface area contributed by atoms with Crippen LogP contribution < -0.4 is 5.32 Å². The van der Waals surface area contributed by atoms with E-state index in [2.05, 4.69) is 27.3 Å². The predicted molar refractivity (Wildman–Crippen MR) is 74.4 cm³/mol. The van der Waals surface area contributed by atoms with Crippen molar-refractivity contribution in [2.45, 2.75) is 38.0 Å².